The zero-order chi connectivity index (χ0) is 21.8. The topological polar surface area (TPSA) is 74.3 Å². The molecule has 4 rings (SSSR count). The van der Waals surface area contributed by atoms with Crippen molar-refractivity contribution in [2.24, 2.45) is 5.92 Å². The Labute approximate surface area is 184 Å². The SMILES string of the molecule is Cc1ccc(C(=O)NCCNC(=O)C2CCCN(c3nc4ccccc4s3)C2)cc1F. The second kappa shape index (κ2) is 9.43. The van der Waals surface area contributed by atoms with Crippen molar-refractivity contribution >= 4 is 38.5 Å². The Morgan fingerprint density at radius 2 is 2.00 bits per heavy atom. The van der Waals surface area contributed by atoms with Gasteiger partial charge in [-0.3, -0.25) is 9.59 Å². The number of rotatable bonds is 6. The van der Waals surface area contributed by atoms with Crippen LogP contribution < -0.4 is 15.5 Å². The number of thiazole rings is 1. The lowest BCUT2D eigenvalue weighted by molar-refractivity contribution is -0.125. The number of carbonyl (C=O) groups excluding carboxylic acids is 2. The molecule has 1 aliphatic heterocycles. The zero-order valence-corrected chi connectivity index (χ0v) is 18.2. The molecule has 2 heterocycles. The third-order valence-corrected chi connectivity index (χ3v) is 6.59. The van der Waals surface area contributed by atoms with Gasteiger partial charge in [-0.1, -0.05) is 29.5 Å². The molecule has 1 fully saturated rings. The summed E-state index contributed by atoms with van der Waals surface area (Å²) >= 11 is 1.65. The van der Waals surface area contributed by atoms with Gasteiger partial charge in [0, 0.05) is 31.7 Å². The highest BCUT2D eigenvalue weighted by Gasteiger charge is 2.27. The monoisotopic (exact) mass is 440 g/mol. The Balaban J connectivity index is 1.25. The van der Waals surface area contributed by atoms with Crippen molar-refractivity contribution in [3.63, 3.8) is 0 Å². The molecule has 1 aliphatic rings. The summed E-state index contributed by atoms with van der Waals surface area (Å²) in [6.07, 6.45) is 1.77. The van der Waals surface area contributed by atoms with Crippen molar-refractivity contribution in [1.29, 1.82) is 0 Å². The predicted octanol–water partition coefficient (Wildman–Crippen LogP) is 3.51. The molecule has 0 aliphatic carbocycles. The Bertz CT molecular complexity index is 1070. The fraction of sp³-hybridized carbons (Fsp3) is 0.348. The number of carbonyl (C=O) groups is 2. The Morgan fingerprint density at radius 3 is 2.81 bits per heavy atom. The van der Waals surface area contributed by atoms with Crippen LogP contribution in [0.25, 0.3) is 10.2 Å². The Kier molecular flexibility index (Phi) is 6.46. The van der Waals surface area contributed by atoms with Gasteiger partial charge in [0.15, 0.2) is 5.13 Å². The van der Waals surface area contributed by atoms with Gasteiger partial charge in [0.1, 0.15) is 5.82 Å². The van der Waals surface area contributed by atoms with Gasteiger partial charge in [0.05, 0.1) is 16.1 Å². The van der Waals surface area contributed by atoms with E-state index in [0.29, 0.717) is 18.7 Å². The Hall–Kier alpha value is -3.00. The molecule has 2 N–H and O–H groups in total. The lowest BCUT2D eigenvalue weighted by atomic mass is 9.97. The second-order valence-corrected chi connectivity index (χ2v) is 8.77. The largest absolute Gasteiger partial charge is 0.354 e. The zero-order valence-electron chi connectivity index (χ0n) is 17.4. The van der Waals surface area contributed by atoms with E-state index in [2.05, 4.69) is 21.6 Å². The lowest BCUT2D eigenvalue weighted by Crippen LogP contribution is -2.44. The molecule has 0 saturated carbocycles. The first kappa shape index (κ1) is 21.2. The normalized spacial score (nSPS) is 16.3. The summed E-state index contributed by atoms with van der Waals surface area (Å²) in [5, 5.41) is 6.58. The van der Waals surface area contributed by atoms with Gasteiger partial charge in [-0.15, -0.1) is 0 Å². The summed E-state index contributed by atoms with van der Waals surface area (Å²) in [5.74, 6) is -0.882. The predicted molar refractivity (Wildman–Crippen MR) is 121 cm³/mol. The molecule has 162 valence electrons. The first-order chi connectivity index (χ1) is 15.0. The number of nitrogens with one attached hydrogen (secondary N) is 2. The van der Waals surface area contributed by atoms with E-state index in [4.69, 9.17) is 4.98 Å². The van der Waals surface area contributed by atoms with Crippen LogP contribution in [0, 0.1) is 18.7 Å². The molecule has 0 spiro atoms. The highest BCUT2D eigenvalue weighted by Crippen LogP contribution is 2.31. The molecule has 8 heteroatoms. The van der Waals surface area contributed by atoms with Crippen LogP contribution in [0.15, 0.2) is 42.5 Å². The van der Waals surface area contributed by atoms with Gasteiger partial charge in [-0.2, -0.15) is 0 Å². The highest BCUT2D eigenvalue weighted by atomic mass is 32.1. The third-order valence-electron chi connectivity index (χ3n) is 5.49. The number of anilines is 1. The minimum atomic E-state index is -0.407. The Morgan fingerprint density at radius 1 is 1.19 bits per heavy atom. The van der Waals surface area contributed by atoms with Crippen LogP contribution in [0.1, 0.15) is 28.8 Å². The van der Waals surface area contributed by atoms with E-state index in [9.17, 15) is 14.0 Å². The lowest BCUT2D eigenvalue weighted by Gasteiger charge is -2.31. The van der Waals surface area contributed by atoms with E-state index in [1.54, 1.807) is 30.4 Å². The minimum absolute atomic E-state index is 0.0126. The van der Waals surface area contributed by atoms with Crippen LogP contribution in [0.3, 0.4) is 0 Å². The number of amides is 2. The number of fused-ring (bicyclic) bond motifs is 1. The minimum Gasteiger partial charge on any atom is -0.354 e. The van der Waals surface area contributed by atoms with Crippen LogP contribution in [-0.2, 0) is 4.79 Å². The number of nitrogens with zero attached hydrogens (tertiary/aromatic N) is 2. The first-order valence-corrected chi connectivity index (χ1v) is 11.3. The van der Waals surface area contributed by atoms with Crippen LogP contribution >= 0.6 is 11.3 Å². The second-order valence-electron chi connectivity index (χ2n) is 7.76. The molecule has 1 aromatic heterocycles. The smallest absolute Gasteiger partial charge is 0.251 e. The number of hydrogen-bond donors (Lipinski definition) is 2. The van der Waals surface area contributed by atoms with Gasteiger partial charge in [0.2, 0.25) is 5.91 Å². The van der Waals surface area contributed by atoms with Crippen LogP contribution in [0.2, 0.25) is 0 Å². The summed E-state index contributed by atoms with van der Waals surface area (Å²) in [5.41, 5.74) is 1.75. The van der Waals surface area contributed by atoms with Gasteiger partial charge in [0.25, 0.3) is 5.91 Å². The molecule has 0 bridgehead atoms. The number of piperidine rings is 1. The highest BCUT2D eigenvalue weighted by molar-refractivity contribution is 7.22. The number of hydrogen-bond acceptors (Lipinski definition) is 5. The molecule has 0 radical (unpaired) electrons. The number of halogens is 1. The summed E-state index contributed by atoms with van der Waals surface area (Å²) in [7, 11) is 0. The molecule has 31 heavy (non-hydrogen) atoms. The summed E-state index contributed by atoms with van der Waals surface area (Å²) < 4.78 is 14.8. The average Bonchev–Trinajstić information content (AvgIpc) is 3.23. The molecular formula is C23H25FN4O2S. The fourth-order valence-electron chi connectivity index (χ4n) is 3.70. The van der Waals surface area contributed by atoms with Crippen LogP contribution in [0.5, 0.6) is 0 Å². The van der Waals surface area contributed by atoms with E-state index >= 15 is 0 Å². The van der Waals surface area contributed by atoms with E-state index < -0.39 is 5.82 Å². The molecule has 1 atom stereocenters. The fourth-order valence-corrected chi connectivity index (χ4v) is 4.70. The van der Waals surface area contributed by atoms with E-state index in [-0.39, 0.29) is 29.8 Å². The molecule has 3 aromatic rings. The molecule has 1 saturated heterocycles. The number of para-hydroxylation sites is 1. The van der Waals surface area contributed by atoms with Crippen molar-refractivity contribution in [2.75, 3.05) is 31.1 Å². The number of aromatic nitrogens is 1. The molecule has 2 amide bonds. The summed E-state index contributed by atoms with van der Waals surface area (Å²) in [6.45, 7) is 3.80. The molecule has 1 unspecified atom stereocenters. The number of aryl methyl sites for hydroxylation is 1. The third kappa shape index (κ3) is 5.02. The van der Waals surface area contributed by atoms with E-state index in [1.165, 1.54) is 6.07 Å². The maximum Gasteiger partial charge on any atom is 0.251 e. The van der Waals surface area contributed by atoms with E-state index in [1.807, 2.05) is 18.2 Å². The molecular weight excluding hydrogens is 415 g/mol. The van der Waals surface area contributed by atoms with Gasteiger partial charge < -0.3 is 15.5 Å². The number of benzene rings is 2. The first-order valence-electron chi connectivity index (χ1n) is 10.4. The van der Waals surface area contributed by atoms with Gasteiger partial charge in [-0.25, -0.2) is 9.37 Å². The average molecular weight is 441 g/mol. The van der Waals surface area contributed by atoms with Crippen LogP contribution in [0.4, 0.5) is 9.52 Å². The quantitative estimate of drug-likeness (QED) is 0.576. The van der Waals surface area contributed by atoms with Crippen molar-refractivity contribution in [1.82, 2.24) is 15.6 Å². The van der Waals surface area contributed by atoms with Crippen LogP contribution in [-0.4, -0.2) is 43.0 Å². The van der Waals surface area contributed by atoms with Gasteiger partial charge in [-0.05, 0) is 49.6 Å². The summed E-state index contributed by atoms with van der Waals surface area (Å²) in [6, 6.07) is 12.4. The van der Waals surface area contributed by atoms with E-state index in [0.717, 1.165) is 34.7 Å². The molecule has 2 aromatic carbocycles. The maximum absolute atomic E-state index is 13.6. The van der Waals surface area contributed by atoms with Crippen molar-refractivity contribution in [3.05, 3.63) is 59.4 Å². The van der Waals surface area contributed by atoms with Crippen molar-refractivity contribution in [3.8, 4) is 0 Å². The summed E-state index contributed by atoms with van der Waals surface area (Å²) in [4.78, 5) is 31.6. The van der Waals surface area contributed by atoms with Crippen molar-refractivity contribution in [2.45, 2.75) is 19.8 Å². The molecule has 6 nitrogen and oxygen atoms in total. The van der Waals surface area contributed by atoms with Crippen molar-refractivity contribution < 1.29 is 14.0 Å². The van der Waals surface area contributed by atoms with Gasteiger partial charge >= 0.3 is 0 Å². The standard InChI is InChI=1S/C23H25FN4O2S/c1-15-8-9-16(13-18(15)24)21(29)25-10-11-26-22(30)17-5-4-12-28(14-17)23-27-19-6-2-3-7-20(19)31-23/h2-3,6-9,13,17H,4-5,10-12,14H2,1H3,(H,25,29)(H,26,30). The maximum atomic E-state index is 13.6.